The van der Waals surface area contributed by atoms with Crippen molar-refractivity contribution in [3.8, 4) is 0 Å². The molecule has 1 atom stereocenters. The Balaban J connectivity index is 1.67. The molecule has 2 N–H and O–H groups in total. The van der Waals surface area contributed by atoms with E-state index in [9.17, 15) is 18.9 Å². The maximum atomic E-state index is 14.8. The van der Waals surface area contributed by atoms with Crippen LogP contribution in [0.15, 0.2) is 41.5 Å². The van der Waals surface area contributed by atoms with Gasteiger partial charge in [0.05, 0.1) is 0 Å². The summed E-state index contributed by atoms with van der Waals surface area (Å²) >= 11 is 0. The first kappa shape index (κ1) is 23.0. The lowest BCUT2D eigenvalue weighted by atomic mass is 10.0. The molecular formula is C23H25FN5O3P. The molecule has 8 nitrogen and oxygen atoms in total. The highest BCUT2D eigenvalue weighted by Crippen LogP contribution is 2.47. The predicted octanol–water partition coefficient (Wildman–Crippen LogP) is 0.890. The van der Waals surface area contributed by atoms with Crippen LogP contribution in [0.25, 0.3) is 12.2 Å². The Hall–Kier alpha value is -3.16. The molecule has 1 aliphatic heterocycles. The van der Waals surface area contributed by atoms with Gasteiger partial charge < -0.3 is 14.6 Å². The number of H-pyrrole nitrogens is 1. The fourth-order valence-electron chi connectivity index (χ4n) is 4.14. The summed E-state index contributed by atoms with van der Waals surface area (Å²) in [5, 5.41) is 18.5. The van der Waals surface area contributed by atoms with Crippen molar-refractivity contribution in [3.63, 3.8) is 0 Å². The van der Waals surface area contributed by atoms with E-state index in [2.05, 4.69) is 20.2 Å². The van der Waals surface area contributed by atoms with Crippen molar-refractivity contribution in [3.05, 3.63) is 74.5 Å². The van der Waals surface area contributed by atoms with E-state index in [4.69, 9.17) is 0 Å². The Morgan fingerprint density at radius 1 is 1.15 bits per heavy atom. The van der Waals surface area contributed by atoms with Crippen molar-refractivity contribution in [2.45, 2.75) is 20.0 Å². The van der Waals surface area contributed by atoms with E-state index in [0.717, 1.165) is 0 Å². The van der Waals surface area contributed by atoms with Gasteiger partial charge in [0.1, 0.15) is 24.8 Å². The van der Waals surface area contributed by atoms with Gasteiger partial charge in [0.2, 0.25) is 5.95 Å². The maximum absolute atomic E-state index is 14.8. The van der Waals surface area contributed by atoms with Crippen molar-refractivity contribution < 1.29 is 14.1 Å². The van der Waals surface area contributed by atoms with Crippen molar-refractivity contribution in [1.82, 2.24) is 20.2 Å². The third kappa shape index (κ3) is 4.38. The lowest BCUT2D eigenvalue weighted by Crippen LogP contribution is -2.44. The standard InChI is InChI=1S/C23H25FN5O3P/c1-3-16-17(4-2)22(31)28-27-20(16)21(30)15-6-7-18(24)19(14-15)33(32)12-10-29(11-13-33)23-25-8-5-9-26-23/h3-9,14,21,30H,10-13H2,1-2H3,(H,28,31). The summed E-state index contributed by atoms with van der Waals surface area (Å²) in [6.07, 6.45) is 5.97. The highest BCUT2D eigenvalue weighted by Gasteiger charge is 2.34. The molecule has 1 saturated heterocycles. The number of halogens is 1. The number of nitrogens with one attached hydrogen (secondary N) is 1. The number of benzene rings is 1. The molecule has 172 valence electrons. The number of rotatable bonds is 4. The topological polar surface area (TPSA) is 112 Å². The van der Waals surface area contributed by atoms with Gasteiger partial charge in [-0.05, 0) is 37.6 Å². The lowest BCUT2D eigenvalue weighted by Gasteiger charge is -2.32. The van der Waals surface area contributed by atoms with Crippen LogP contribution in [0.4, 0.5) is 10.3 Å². The van der Waals surface area contributed by atoms with Crippen LogP contribution in [0.3, 0.4) is 0 Å². The summed E-state index contributed by atoms with van der Waals surface area (Å²) < 4.78 is 28.6. The molecule has 0 saturated carbocycles. The zero-order chi connectivity index (χ0) is 23.6. The number of anilines is 1. The highest BCUT2D eigenvalue weighted by atomic mass is 31.2. The zero-order valence-corrected chi connectivity index (χ0v) is 19.3. The van der Waals surface area contributed by atoms with Gasteiger partial charge in [0.15, 0.2) is 0 Å². The predicted molar refractivity (Wildman–Crippen MR) is 126 cm³/mol. The molecule has 3 heterocycles. The Labute approximate surface area is 189 Å². The summed E-state index contributed by atoms with van der Waals surface area (Å²) in [5.74, 6) is 0.00222. The Bertz CT molecular complexity index is 1380. The van der Waals surface area contributed by atoms with E-state index in [1.807, 2.05) is 4.90 Å². The molecule has 1 fully saturated rings. The van der Waals surface area contributed by atoms with Crippen molar-refractivity contribution >= 4 is 30.5 Å². The molecule has 3 aromatic rings. The first-order chi connectivity index (χ1) is 15.9. The van der Waals surface area contributed by atoms with Gasteiger partial charge in [-0.1, -0.05) is 18.2 Å². The fraction of sp³-hybridized carbons (Fsp3) is 0.304. The van der Waals surface area contributed by atoms with Crippen LogP contribution >= 0.6 is 7.14 Å². The fourth-order valence-corrected chi connectivity index (χ4v) is 6.83. The summed E-state index contributed by atoms with van der Waals surface area (Å²) in [4.78, 5) is 22.5. The summed E-state index contributed by atoms with van der Waals surface area (Å²) in [6.45, 7) is 4.36. The van der Waals surface area contributed by atoms with Gasteiger partial charge >= 0.3 is 0 Å². The average molecular weight is 469 g/mol. The largest absolute Gasteiger partial charge is 0.382 e. The highest BCUT2D eigenvalue weighted by molar-refractivity contribution is 7.71. The van der Waals surface area contributed by atoms with E-state index in [1.54, 1.807) is 44.5 Å². The minimum Gasteiger partial charge on any atom is -0.382 e. The molecule has 1 aliphatic rings. The van der Waals surface area contributed by atoms with Crippen LogP contribution in [-0.2, 0) is 4.57 Å². The molecule has 0 amide bonds. The molecule has 1 unspecified atom stereocenters. The van der Waals surface area contributed by atoms with Crippen molar-refractivity contribution in [2.75, 3.05) is 30.3 Å². The number of hydrogen-bond acceptors (Lipinski definition) is 7. The van der Waals surface area contributed by atoms with E-state index in [-0.39, 0.29) is 28.9 Å². The quantitative estimate of drug-likeness (QED) is 0.546. The molecule has 4 rings (SSSR count). The second-order valence-electron chi connectivity index (χ2n) is 7.83. The van der Waals surface area contributed by atoms with Gasteiger partial charge in [-0.2, -0.15) is 5.10 Å². The molecule has 0 bridgehead atoms. The molecule has 0 aliphatic carbocycles. The van der Waals surface area contributed by atoms with Crippen LogP contribution in [0.2, 0.25) is 0 Å². The SMILES string of the molecule is CC=c1c(C(O)c2ccc(F)c(P3(=O)CCN(c4ncccn4)CC3)c2)n[nH]c(=O)c1=CC. The second-order valence-corrected chi connectivity index (χ2v) is 11.0. The maximum Gasteiger partial charge on any atom is 0.271 e. The van der Waals surface area contributed by atoms with Crippen LogP contribution in [0, 0.1) is 5.82 Å². The van der Waals surface area contributed by atoms with E-state index in [0.29, 0.717) is 35.0 Å². The molecule has 10 heteroatoms. The van der Waals surface area contributed by atoms with E-state index in [1.165, 1.54) is 18.2 Å². The van der Waals surface area contributed by atoms with Gasteiger partial charge in [-0.15, -0.1) is 0 Å². The molecular weight excluding hydrogens is 444 g/mol. The zero-order valence-electron chi connectivity index (χ0n) is 18.4. The minimum absolute atomic E-state index is 0.126. The van der Waals surface area contributed by atoms with Gasteiger partial charge in [-0.25, -0.2) is 19.5 Å². The summed E-state index contributed by atoms with van der Waals surface area (Å²) in [7, 11) is -3.04. The van der Waals surface area contributed by atoms with E-state index >= 15 is 0 Å². The summed E-state index contributed by atoms with van der Waals surface area (Å²) in [5.41, 5.74) is 0.247. The van der Waals surface area contributed by atoms with Crippen LogP contribution in [0.5, 0.6) is 0 Å². The number of nitrogens with zero attached hydrogens (tertiary/aromatic N) is 4. The van der Waals surface area contributed by atoms with Gasteiger partial charge in [-0.3, -0.25) is 4.79 Å². The van der Waals surface area contributed by atoms with Crippen LogP contribution in [0.1, 0.15) is 31.2 Å². The van der Waals surface area contributed by atoms with Crippen LogP contribution in [-0.4, -0.2) is 50.7 Å². The first-order valence-corrected chi connectivity index (χ1v) is 12.7. The minimum atomic E-state index is -3.04. The first-order valence-electron chi connectivity index (χ1n) is 10.7. The van der Waals surface area contributed by atoms with Crippen molar-refractivity contribution in [2.24, 2.45) is 0 Å². The molecule has 0 spiro atoms. The number of aromatic amines is 1. The average Bonchev–Trinajstić information content (AvgIpc) is 2.84. The number of aliphatic hydroxyl groups is 1. The van der Waals surface area contributed by atoms with Crippen molar-refractivity contribution in [1.29, 1.82) is 0 Å². The third-order valence-corrected chi connectivity index (χ3v) is 9.01. The Kier molecular flexibility index (Phi) is 6.54. The third-order valence-electron chi connectivity index (χ3n) is 5.95. The molecule has 1 aromatic carbocycles. The van der Waals surface area contributed by atoms with Crippen LogP contribution < -0.4 is 26.2 Å². The number of hydrogen-bond donors (Lipinski definition) is 2. The second kappa shape index (κ2) is 9.37. The lowest BCUT2D eigenvalue weighted by molar-refractivity contribution is 0.212. The molecule has 0 radical (unpaired) electrons. The molecule has 33 heavy (non-hydrogen) atoms. The normalized spacial score (nSPS) is 17.9. The molecule has 2 aromatic heterocycles. The van der Waals surface area contributed by atoms with E-state index < -0.39 is 19.1 Å². The van der Waals surface area contributed by atoms with Gasteiger partial charge in [0, 0.05) is 53.5 Å². The Morgan fingerprint density at radius 2 is 1.82 bits per heavy atom. The summed E-state index contributed by atoms with van der Waals surface area (Å²) in [6, 6.07) is 5.88. The number of aliphatic hydroxyl groups excluding tert-OH is 1. The monoisotopic (exact) mass is 469 g/mol. The smallest absolute Gasteiger partial charge is 0.271 e. The van der Waals surface area contributed by atoms with Gasteiger partial charge in [0.25, 0.3) is 5.56 Å². The Morgan fingerprint density at radius 3 is 2.45 bits per heavy atom. The number of aromatic nitrogens is 4.